The molecule has 4 nitrogen and oxygen atoms in total. The Morgan fingerprint density at radius 2 is 1.93 bits per heavy atom. The molecule has 0 spiro atoms. The van der Waals surface area contributed by atoms with Crippen molar-refractivity contribution in [3.8, 4) is 5.75 Å². The molecule has 27 heavy (non-hydrogen) atoms. The number of carbonyl (C=O) groups excluding carboxylic acids is 1. The molecule has 2 aromatic rings. The van der Waals surface area contributed by atoms with Crippen molar-refractivity contribution in [2.75, 3.05) is 25.0 Å². The number of benzene rings is 2. The first kappa shape index (κ1) is 19.4. The minimum absolute atomic E-state index is 0.0942. The molecular weight excluding hydrogens is 336 g/mol. The zero-order valence-corrected chi connectivity index (χ0v) is 16.6. The van der Waals surface area contributed by atoms with E-state index in [9.17, 15) is 4.79 Å². The highest BCUT2D eigenvalue weighted by molar-refractivity contribution is 5.93. The Balaban J connectivity index is 1.51. The van der Waals surface area contributed by atoms with Crippen LogP contribution in [0.1, 0.15) is 36.5 Å². The van der Waals surface area contributed by atoms with Crippen LogP contribution in [0.2, 0.25) is 0 Å². The number of likely N-dealkylation sites (tertiary alicyclic amines) is 1. The molecule has 2 aromatic carbocycles. The Bertz CT molecular complexity index is 780. The third-order valence-corrected chi connectivity index (χ3v) is 5.21. The summed E-state index contributed by atoms with van der Waals surface area (Å²) in [4.78, 5) is 15.1. The first-order valence-corrected chi connectivity index (χ1v) is 9.87. The smallest absolute Gasteiger partial charge is 0.227 e. The quantitative estimate of drug-likeness (QED) is 0.815. The standard InChI is InChI=1S/C23H30N2O2/c1-4-27-21-7-5-6-19(15-21)16-25-12-10-20(11-13-25)23(26)24-22-9-8-17(2)14-18(22)3/h5-9,14-15,20H,4,10-13,16H2,1-3H3,(H,24,26). The van der Waals surface area contributed by atoms with Crippen LogP contribution in [0.5, 0.6) is 5.75 Å². The third kappa shape index (κ3) is 5.33. The van der Waals surface area contributed by atoms with Gasteiger partial charge in [0.05, 0.1) is 6.61 Å². The minimum atomic E-state index is 0.0942. The van der Waals surface area contributed by atoms with Gasteiger partial charge in [0.1, 0.15) is 5.75 Å². The molecule has 0 atom stereocenters. The lowest BCUT2D eigenvalue weighted by Gasteiger charge is -2.31. The number of hydrogen-bond acceptors (Lipinski definition) is 3. The number of rotatable bonds is 6. The summed E-state index contributed by atoms with van der Waals surface area (Å²) in [5.74, 6) is 1.18. The van der Waals surface area contributed by atoms with Gasteiger partial charge < -0.3 is 10.1 Å². The van der Waals surface area contributed by atoms with Crippen LogP contribution in [-0.2, 0) is 11.3 Å². The lowest BCUT2D eigenvalue weighted by atomic mass is 9.95. The molecule has 1 aliphatic heterocycles. The van der Waals surface area contributed by atoms with Gasteiger partial charge in [-0.25, -0.2) is 0 Å². The van der Waals surface area contributed by atoms with Gasteiger partial charge in [-0.05, 0) is 76.0 Å². The van der Waals surface area contributed by atoms with Crippen molar-refractivity contribution in [3.05, 3.63) is 59.2 Å². The van der Waals surface area contributed by atoms with Crippen LogP contribution in [-0.4, -0.2) is 30.5 Å². The zero-order valence-electron chi connectivity index (χ0n) is 16.6. The lowest BCUT2D eigenvalue weighted by Crippen LogP contribution is -2.37. The van der Waals surface area contributed by atoms with E-state index in [0.29, 0.717) is 6.61 Å². The topological polar surface area (TPSA) is 41.6 Å². The van der Waals surface area contributed by atoms with E-state index in [1.54, 1.807) is 0 Å². The number of nitrogens with zero attached hydrogens (tertiary/aromatic N) is 1. The maximum absolute atomic E-state index is 12.6. The summed E-state index contributed by atoms with van der Waals surface area (Å²) in [6, 6.07) is 14.4. The molecule has 0 aliphatic carbocycles. The Labute approximate surface area is 162 Å². The highest BCUT2D eigenvalue weighted by Crippen LogP contribution is 2.23. The second-order valence-corrected chi connectivity index (χ2v) is 7.44. The van der Waals surface area contributed by atoms with Gasteiger partial charge in [0.2, 0.25) is 5.91 Å². The van der Waals surface area contributed by atoms with E-state index in [4.69, 9.17) is 4.74 Å². The highest BCUT2D eigenvalue weighted by Gasteiger charge is 2.25. The molecule has 3 rings (SSSR count). The van der Waals surface area contributed by atoms with E-state index in [1.807, 2.05) is 38.1 Å². The molecule has 0 bridgehead atoms. The van der Waals surface area contributed by atoms with E-state index >= 15 is 0 Å². The first-order chi connectivity index (χ1) is 13.0. The molecule has 1 amide bonds. The van der Waals surface area contributed by atoms with E-state index in [1.165, 1.54) is 11.1 Å². The number of carbonyl (C=O) groups is 1. The number of ether oxygens (including phenoxy) is 1. The van der Waals surface area contributed by atoms with Crippen LogP contribution in [0.3, 0.4) is 0 Å². The average Bonchev–Trinajstić information content (AvgIpc) is 2.65. The summed E-state index contributed by atoms with van der Waals surface area (Å²) in [6.07, 6.45) is 1.81. The predicted octanol–water partition coefficient (Wildman–Crippen LogP) is 4.55. The third-order valence-electron chi connectivity index (χ3n) is 5.21. The van der Waals surface area contributed by atoms with E-state index in [2.05, 4.69) is 35.3 Å². The SMILES string of the molecule is CCOc1cccc(CN2CCC(C(=O)Nc3ccc(C)cc3C)CC2)c1. The molecule has 0 saturated carbocycles. The van der Waals surface area contributed by atoms with Crippen molar-refractivity contribution >= 4 is 11.6 Å². The number of anilines is 1. The number of nitrogens with one attached hydrogen (secondary N) is 1. The number of piperidine rings is 1. The molecule has 1 saturated heterocycles. The molecule has 1 heterocycles. The highest BCUT2D eigenvalue weighted by atomic mass is 16.5. The van der Waals surface area contributed by atoms with Crippen molar-refractivity contribution in [2.24, 2.45) is 5.92 Å². The monoisotopic (exact) mass is 366 g/mol. The van der Waals surface area contributed by atoms with Gasteiger partial charge in [0.15, 0.2) is 0 Å². The summed E-state index contributed by atoms with van der Waals surface area (Å²) in [6.45, 7) is 9.60. The molecular formula is C23H30N2O2. The number of aryl methyl sites for hydroxylation is 2. The van der Waals surface area contributed by atoms with Crippen molar-refractivity contribution < 1.29 is 9.53 Å². The molecule has 144 valence electrons. The van der Waals surface area contributed by atoms with Gasteiger partial charge in [0, 0.05) is 18.2 Å². The Morgan fingerprint density at radius 1 is 1.15 bits per heavy atom. The fraction of sp³-hybridized carbons (Fsp3) is 0.435. The molecule has 1 N–H and O–H groups in total. The van der Waals surface area contributed by atoms with Crippen molar-refractivity contribution in [3.63, 3.8) is 0 Å². The van der Waals surface area contributed by atoms with Crippen LogP contribution in [0.15, 0.2) is 42.5 Å². The van der Waals surface area contributed by atoms with Gasteiger partial charge in [0.25, 0.3) is 0 Å². The molecule has 4 heteroatoms. The van der Waals surface area contributed by atoms with E-state index in [0.717, 1.165) is 49.5 Å². The number of hydrogen-bond donors (Lipinski definition) is 1. The van der Waals surface area contributed by atoms with Crippen LogP contribution in [0.25, 0.3) is 0 Å². The Morgan fingerprint density at radius 3 is 2.63 bits per heavy atom. The Hall–Kier alpha value is -2.33. The van der Waals surface area contributed by atoms with Gasteiger partial charge in [-0.15, -0.1) is 0 Å². The van der Waals surface area contributed by atoms with Crippen LogP contribution >= 0.6 is 0 Å². The lowest BCUT2D eigenvalue weighted by molar-refractivity contribution is -0.121. The van der Waals surface area contributed by atoms with Crippen LogP contribution < -0.4 is 10.1 Å². The summed E-state index contributed by atoms with van der Waals surface area (Å²) in [5, 5.41) is 3.12. The van der Waals surface area contributed by atoms with Gasteiger partial charge in [-0.3, -0.25) is 9.69 Å². The van der Waals surface area contributed by atoms with Crippen LogP contribution in [0.4, 0.5) is 5.69 Å². The van der Waals surface area contributed by atoms with E-state index in [-0.39, 0.29) is 11.8 Å². The molecule has 1 fully saturated rings. The largest absolute Gasteiger partial charge is 0.494 e. The van der Waals surface area contributed by atoms with Crippen molar-refractivity contribution in [1.29, 1.82) is 0 Å². The number of amides is 1. The van der Waals surface area contributed by atoms with E-state index < -0.39 is 0 Å². The van der Waals surface area contributed by atoms with Gasteiger partial charge >= 0.3 is 0 Å². The van der Waals surface area contributed by atoms with Crippen molar-refractivity contribution in [1.82, 2.24) is 4.90 Å². The molecule has 1 aliphatic rings. The second-order valence-electron chi connectivity index (χ2n) is 7.44. The fourth-order valence-electron chi connectivity index (χ4n) is 3.70. The summed E-state index contributed by atoms with van der Waals surface area (Å²) in [7, 11) is 0. The summed E-state index contributed by atoms with van der Waals surface area (Å²) in [5.41, 5.74) is 4.53. The fourth-order valence-corrected chi connectivity index (χ4v) is 3.70. The Kier molecular flexibility index (Phi) is 6.51. The normalized spacial score (nSPS) is 15.5. The zero-order chi connectivity index (χ0) is 19.2. The van der Waals surface area contributed by atoms with Crippen molar-refractivity contribution in [2.45, 2.75) is 40.2 Å². The van der Waals surface area contributed by atoms with Crippen LogP contribution in [0, 0.1) is 19.8 Å². The summed E-state index contributed by atoms with van der Waals surface area (Å²) >= 11 is 0. The molecule has 0 unspecified atom stereocenters. The summed E-state index contributed by atoms with van der Waals surface area (Å²) < 4.78 is 5.59. The second kappa shape index (κ2) is 9.05. The van der Waals surface area contributed by atoms with Gasteiger partial charge in [-0.1, -0.05) is 29.8 Å². The molecule has 0 aromatic heterocycles. The van der Waals surface area contributed by atoms with Gasteiger partial charge in [-0.2, -0.15) is 0 Å². The molecule has 0 radical (unpaired) electrons. The predicted molar refractivity (Wildman–Crippen MR) is 110 cm³/mol. The average molecular weight is 367 g/mol. The maximum Gasteiger partial charge on any atom is 0.227 e. The minimum Gasteiger partial charge on any atom is -0.494 e. The maximum atomic E-state index is 12.6. The first-order valence-electron chi connectivity index (χ1n) is 9.87.